The van der Waals surface area contributed by atoms with E-state index in [-0.39, 0.29) is 11.3 Å². The zero-order chi connectivity index (χ0) is 14.7. The molecule has 2 rings (SSSR count). The van der Waals surface area contributed by atoms with Gasteiger partial charge in [-0.05, 0) is 31.5 Å². The lowest BCUT2D eigenvalue weighted by Gasteiger charge is -2.25. The van der Waals surface area contributed by atoms with Crippen LogP contribution in [0.25, 0.3) is 0 Å². The molecule has 2 unspecified atom stereocenters. The number of benzene rings is 1. The standard InChI is InChI=1S/C16H23NO2S/c1-5-11(3)14(18)10-16-17(6-2)13-8-7-12(19-4)9-15(13)20-16/h7-9,11,16H,5-6,10H2,1-4H3. The highest BCUT2D eigenvalue weighted by molar-refractivity contribution is 8.00. The van der Waals surface area contributed by atoms with E-state index in [0.717, 1.165) is 18.7 Å². The van der Waals surface area contributed by atoms with Crippen molar-refractivity contribution in [1.82, 2.24) is 0 Å². The molecule has 0 spiro atoms. The lowest BCUT2D eigenvalue weighted by atomic mass is 10.0. The van der Waals surface area contributed by atoms with Crippen molar-refractivity contribution in [3.05, 3.63) is 18.2 Å². The van der Waals surface area contributed by atoms with Gasteiger partial charge in [0, 0.05) is 23.8 Å². The van der Waals surface area contributed by atoms with Gasteiger partial charge in [-0.25, -0.2) is 0 Å². The molecule has 1 aliphatic heterocycles. The van der Waals surface area contributed by atoms with Gasteiger partial charge in [0.05, 0.1) is 18.2 Å². The van der Waals surface area contributed by atoms with Crippen molar-refractivity contribution in [3.8, 4) is 5.75 Å². The topological polar surface area (TPSA) is 29.5 Å². The Labute approximate surface area is 125 Å². The lowest BCUT2D eigenvalue weighted by Crippen LogP contribution is -2.32. The van der Waals surface area contributed by atoms with E-state index in [0.29, 0.717) is 12.2 Å². The summed E-state index contributed by atoms with van der Waals surface area (Å²) in [6, 6.07) is 6.15. The fourth-order valence-electron chi connectivity index (χ4n) is 2.45. The van der Waals surface area contributed by atoms with Crippen LogP contribution in [-0.2, 0) is 4.79 Å². The Morgan fingerprint density at radius 1 is 1.45 bits per heavy atom. The van der Waals surface area contributed by atoms with Crippen LogP contribution in [0.2, 0.25) is 0 Å². The third-order valence-corrected chi connectivity index (χ3v) is 5.24. The maximum absolute atomic E-state index is 12.2. The van der Waals surface area contributed by atoms with Gasteiger partial charge in [0.15, 0.2) is 0 Å². The van der Waals surface area contributed by atoms with Gasteiger partial charge in [-0.2, -0.15) is 0 Å². The Morgan fingerprint density at radius 2 is 2.20 bits per heavy atom. The van der Waals surface area contributed by atoms with E-state index in [2.05, 4.69) is 30.9 Å². The summed E-state index contributed by atoms with van der Waals surface area (Å²) in [4.78, 5) is 15.7. The number of ether oxygens (including phenoxy) is 1. The number of methoxy groups -OCH3 is 1. The first-order valence-corrected chi connectivity index (χ1v) is 8.12. The van der Waals surface area contributed by atoms with Gasteiger partial charge in [-0.3, -0.25) is 4.79 Å². The van der Waals surface area contributed by atoms with Crippen LogP contribution >= 0.6 is 11.8 Å². The highest BCUT2D eigenvalue weighted by Gasteiger charge is 2.31. The van der Waals surface area contributed by atoms with Crippen LogP contribution in [0.15, 0.2) is 23.1 Å². The van der Waals surface area contributed by atoms with Crippen LogP contribution in [0.1, 0.15) is 33.6 Å². The Morgan fingerprint density at radius 3 is 2.80 bits per heavy atom. The van der Waals surface area contributed by atoms with Gasteiger partial charge in [-0.1, -0.05) is 25.6 Å². The van der Waals surface area contributed by atoms with Crippen LogP contribution in [0.5, 0.6) is 5.75 Å². The number of rotatable bonds is 6. The van der Waals surface area contributed by atoms with E-state index in [4.69, 9.17) is 4.74 Å². The molecule has 0 aromatic heterocycles. The van der Waals surface area contributed by atoms with E-state index in [1.165, 1.54) is 10.6 Å². The molecule has 4 heteroatoms. The third-order valence-electron chi connectivity index (χ3n) is 3.97. The number of ketones is 1. The van der Waals surface area contributed by atoms with Gasteiger partial charge in [-0.15, -0.1) is 0 Å². The molecule has 0 N–H and O–H groups in total. The summed E-state index contributed by atoms with van der Waals surface area (Å²) in [7, 11) is 1.68. The number of hydrogen-bond acceptors (Lipinski definition) is 4. The molecule has 20 heavy (non-hydrogen) atoms. The van der Waals surface area contributed by atoms with Crippen LogP contribution in [-0.4, -0.2) is 24.8 Å². The normalized spacial score (nSPS) is 18.8. The largest absolute Gasteiger partial charge is 0.497 e. The summed E-state index contributed by atoms with van der Waals surface area (Å²) in [6.45, 7) is 7.15. The second-order valence-corrected chi connectivity index (χ2v) is 6.39. The molecule has 0 aliphatic carbocycles. The molecule has 3 nitrogen and oxygen atoms in total. The minimum Gasteiger partial charge on any atom is -0.497 e. The van der Waals surface area contributed by atoms with Crippen molar-refractivity contribution in [1.29, 1.82) is 0 Å². The number of fused-ring (bicyclic) bond motifs is 1. The maximum Gasteiger partial charge on any atom is 0.138 e. The summed E-state index contributed by atoms with van der Waals surface area (Å²) in [5.74, 6) is 1.40. The lowest BCUT2D eigenvalue weighted by molar-refractivity contribution is -0.122. The van der Waals surface area contributed by atoms with Crippen LogP contribution < -0.4 is 9.64 Å². The minimum atomic E-state index is 0.160. The molecule has 0 radical (unpaired) electrons. The molecular weight excluding hydrogens is 270 g/mol. The monoisotopic (exact) mass is 293 g/mol. The molecule has 0 amide bonds. The highest BCUT2D eigenvalue weighted by atomic mass is 32.2. The molecule has 0 saturated carbocycles. The molecule has 1 heterocycles. The predicted molar refractivity (Wildman–Crippen MR) is 84.7 cm³/mol. The summed E-state index contributed by atoms with van der Waals surface area (Å²) in [5, 5.41) is 0.226. The molecule has 110 valence electrons. The summed E-state index contributed by atoms with van der Waals surface area (Å²) in [5.41, 5.74) is 1.22. The third kappa shape index (κ3) is 2.95. The highest BCUT2D eigenvalue weighted by Crippen LogP contribution is 2.46. The Hall–Kier alpha value is -1.16. The number of anilines is 1. The molecule has 1 aromatic rings. The van der Waals surface area contributed by atoms with Crippen LogP contribution in [0, 0.1) is 5.92 Å². The Balaban J connectivity index is 2.16. The average molecular weight is 293 g/mol. The summed E-state index contributed by atoms with van der Waals surface area (Å²) >= 11 is 1.78. The predicted octanol–water partition coefficient (Wildman–Crippen LogP) is 3.96. The first-order chi connectivity index (χ1) is 9.60. The van der Waals surface area contributed by atoms with Gasteiger partial charge in [0.1, 0.15) is 11.5 Å². The number of Topliss-reactive ketones (excluding diaryl/α,β-unsaturated/α-hetero) is 1. The minimum absolute atomic E-state index is 0.160. The quantitative estimate of drug-likeness (QED) is 0.794. The molecule has 0 bridgehead atoms. The first-order valence-electron chi connectivity index (χ1n) is 7.24. The fourth-order valence-corrected chi connectivity index (χ4v) is 3.87. The van der Waals surface area contributed by atoms with E-state index in [1.807, 2.05) is 13.0 Å². The fraction of sp³-hybridized carbons (Fsp3) is 0.562. The van der Waals surface area contributed by atoms with Crippen molar-refractivity contribution < 1.29 is 9.53 Å². The van der Waals surface area contributed by atoms with Crippen molar-refractivity contribution >= 4 is 23.2 Å². The van der Waals surface area contributed by atoms with E-state index >= 15 is 0 Å². The molecule has 0 saturated heterocycles. The SMILES string of the molecule is CCC(C)C(=O)CC1Sc2cc(OC)ccc2N1CC. The number of hydrogen-bond donors (Lipinski definition) is 0. The smallest absolute Gasteiger partial charge is 0.138 e. The average Bonchev–Trinajstić information content (AvgIpc) is 2.81. The van der Waals surface area contributed by atoms with Crippen molar-refractivity contribution in [3.63, 3.8) is 0 Å². The van der Waals surface area contributed by atoms with Gasteiger partial charge < -0.3 is 9.64 Å². The molecule has 2 atom stereocenters. The van der Waals surface area contributed by atoms with Gasteiger partial charge in [0.2, 0.25) is 0 Å². The molecule has 1 aromatic carbocycles. The molecular formula is C16H23NO2S. The Kier molecular flexibility index (Phi) is 4.97. The number of carbonyl (C=O) groups is 1. The van der Waals surface area contributed by atoms with Crippen molar-refractivity contribution in [2.24, 2.45) is 5.92 Å². The van der Waals surface area contributed by atoms with Gasteiger partial charge >= 0.3 is 0 Å². The van der Waals surface area contributed by atoms with Gasteiger partial charge in [0.25, 0.3) is 0 Å². The first kappa shape index (κ1) is 15.2. The van der Waals surface area contributed by atoms with E-state index in [1.54, 1.807) is 18.9 Å². The van der Waals surface area contributed by atoms with Crippen molar-refractivity contribution in [2.45, 2.75) is 43.9 Å². The second-order valence-electron chi connectivity index (χ2n) is 5.17. The zero-order valence-electron chi connectivity index (χ0n) is 12.7. The summed E-state index contributed by atoms with van der Waals surface area (Å²) in [6.07, 6.45) is 1.54. The Bertz CT molecular complexity index is 489. The van der Waals surface area contributed by atoms with E-state index in [9.17, 15) is 4.79 Å². The number of thioether (sulfide) groups is 1. The van der Waals surface area contributed by atoms with E-state index < -0.39 is 0 Å². The maximum atomic E-state index is 12.2. The molecule has 0 fully saturated rings. The zero-order valence-corrected chi connectivity index (χ0v) is 13.5. The van der Waals surface area contributed by atoms with Crippen LogP contribution in [0.3, 0.4) is 0 Å². The summed E-state index contributed by atoms with van der Waals surface area (Å²) < 4.78 is 5.28. The van der Waals surface area contributed by atoms with Crippen molar-refractivity contribution in [2.75, 3.05) is 18.6 Å². The second kappa shape index (κ2) is 6.53. The molecule has 1 aliphatic rings. The van der Waals surface area contributed by atoms with Crippen LogP contribution in [0.4, 0.5) is 5.69 Å². The number of carbonyl (C=O) groups excluding carboxylic acids is 1. The number of nitrogens with zero attached hydrogens (tertiary/aromatic N) is 1.